The summed E-state index contributed by atoms with van der Waals surface area (Å²) in [7, 11) is 0. The molecule has 7 nitrogen and oxygen atoms in total. The number of carbonyl (C=O) groups is 1. The number of amides is 1. The summed E-state index contributed by atoms with van der Waals surface area (Å²) in [6.45, 7) is 3.75. The summed E-state index contributed by atoms with van der Waals surface area (Å²) in [6, 6.07) is 12.2. The lowest BCUT2D eigenvalue weighted by atomic mass is 10.1. The summed E-state index contributed by atoms with van der Waals surface area (Å²) >= 11 is 3.06. The third kappa shape index (κ3) is 5.59. The Morgan fingerprint density at radius 3 is 2.70 bits per heavy atom. The maximum Gasteiger partial charge on any atom is 0.234 e. The lowest BCUT2D eigenvalue weighted by molar-refractivity contribution is -0.113. The SMILES string of the molecule is O=C(CSc1nnc(-c2cccs2)n1CC1CCCO1)Nc1ccc(N2CCCCC2)cc1. The second-order valence-electron chi connectivity index (χ2n) is 8.46. The molecule has 174 valence electrons. The third-order valence-electron chi connectivity index (χ3n) is 6.07. The van der Waals surface area contributed by atoms with Crippen molar-refractivity contribution >= 4 is 40.4 Å². The molecule has 5 rings (SSSR count). The highest BCUT2D eigenvalue weighted by atomic mass is 32.2. The van der Waals surface area contributed by atoms with Crippen molar-refractivity contribution in [3.63, 3.8) is 0 Å². The summed E-state index contributed by atoms with van der Waals surface area (Å²) in [5, 5.41) is 14.6. The zero-order chi connectivity index (χ0) is 22.5. The topological polar surface area (TPSA) is 72.3 Å². The second kappa shape index (κ2) is 10.7. The molecule has 1 aromatic carbocycles. The van der Waals surface area contributed by atoms with Gasteiger partial charge in [0.2, 0.25) is 5.91 Å². The van der Waals surface area contributed by atoms with Gasteiger partial charge < -0.3 is 15.0 Å². The van der Waals surface area contributed by atoms with Gasteiger partial charge in [-0.3, -0.25) is 9.36 Å². The number of nitrogens with one attached hydrogen (secondary N) is 1. The maximum absolute atomic E-state index is 12.6. The van der Waals surface area contributed by atoms with Crippen molar-refractivity contribution in [2.24, 2.45) is 0 Å². The fraction of sp³-hybridized carbons (Fsp3) is 0.458. The Bertz CT molecular complexity index is 1040. The van der Waals surface area contributed by atoms with Crippen molar-refractivity contribution in [3.8, 4) is 10.7 Å². The lowest BCUT2D eigenvalue weighted by Gasteiger charge is -2.28. The van der Waals surface area contributed by atoms with E-state index >= 15 is 0 Å². The molecule has 2 saturated heterocycles. The number of hydrogen-bond acceptors (Lipinski definition) is 7. The first-order chi connectivity index (χ1) is 16.3. The highest BCUT2D eigenvalue weighted by Crippen LogP contribution is 2.29. The summed E-state index contributed by atoms with van der Waals surface area (Å²) in [5.41, 5.74) is 2.05. The molecule has 0 aliphatic carbocycles. The molecule has 1 N–H and O–H groups in total. The van der Waals surface area contributed by atoms with Crippen molar-refractivity contribution in [1.29, 1.82) is 0 Å². The highest BCUT2D eigenvalue weighted by Gasteiger charge is 2.22. The Balaban J connectivity index is 1.21. The molecular weight excluding hydrogens is 454 g/mol. The molecule has 0 radical (unpaired) electrons. The number of ether oxygens (including phenoxy) is 1. The molecule has 1 atom stereocenters. The van der Waals surface area contributed by atoms with E-state index in [1.807, 2.05) is 23.6 Å². The molecule has 1 unspecified atom stereocenters. The molecule has 2 fully saturated rings. The van der Waals surface area contributed by atoms with Crippen LogP contribution < -0.4 is 10.2 Å². The van der Waals surface area contributed by atoms with E-state index in [1.165, 1.54) is 36.7 Å². The minimum absolute atomic E-state index is 0.0462. The van der Waals surface area contributed by atoms with E-state index < -0.39 is 0 Å². The Morgan fingerprint density at radius 2 is 1.97 bits per heavy atom. The highest BCUT2D eigenvalue weighted by molar-refractivity contribution is 7.99. The number of rotatable bonds is 8. The maximum atomic E-state index is 12.6. The number of nitrogens with zero attached hydrogens (tertiary/aromatic N) is 4. The predicted molar refractivity (Wildman–Crippen MR) is 134 cm³/mol. The molecule has 4 heterocycles. The van der Waals surface area contributed by atoms with E-state index in [9.17, 15) is 4.79 Å². The minimum Gasteiger partial charge on any atom is -0.376 e. The van der Waals surface area contributed by atoms with Crippen LogP contribution >= 0.6 is 23.1 Å². The standard InChI is InChI=1S/C24H29N5O2S2/c30-22(25-18-8-10-19(11-9-18)28-12-2-1-3-13-28)17-33-24-27-26-23(21-7-5-15-32-21)29(24)16-20-6-4-14-31-20/h5,7-11,15,20H,1-4,6,12-14,16-17H2,(H,25,30). The summed E-state index contributed by atoms with van der Waals surface area (Å²) < 4.78 is 7.95. The predicted octanol–water partition coefficient (Wildman–Crippen LogP) is 4.91. The van der Waals surface area contributed by atoms with Gasteiger partial charge >= 0.3 is 0 Å². The smallest absolute Gasteiger partial charge is 0.234 e. The fourth-order valence-corrected chi connectivity index (χ4v) is 5.84. The molecule has 0 bridgehead atoms. The van der Waals surface area contributed by atoms with Crippen molar-refractivity contribution in [2.75, 3.05) is 35.7 Å². The van der Waals surface area contributed by atoms with Crippen LogP contribution in [0.4, 0.5) is 11.4 Å². The van der Waals surface area contributed by atoms with E-state index in [1.54, 1.807) is 11.3 Å². The van der Waals surface area contributed by atoms with Gasteiger partial charge in [0.25, 0.3) is 0 Å². The Kier molecular flexibility index (Phi) is 7.28. The van der Waals surface area contributed by atoms with Crippen LogP contribution in [0.15, 0.2) is 46.9 Å². The van der Waals surface area contributed by atoms with Crippen LogP contribution in [-0.4, -0.2) is 52.2 Å². The average Bonchev–Trinajstić information content (AvgIpc) is 3.62. The number of carbonyl (C=O) groups excluding carboxylic acids is 1. The summed E-state index contributed by atoms with van der Waals surface area (Å²) in [6.07, 6.45) is 6.12. The number of thiophene rings is 1. The number of anilines is 2. The van der Waals surface area contributed by atoms with Crippen molar-refractivity contribution in [2.45, 2.75) is 49.9 Å². The Hall–Kier alpha value is -2.36. The second-order valence-corrected chi connectivity index (χ2v) is 10.4. The van der Waals surface area contributed by atoms with E-state index in [4.69, 9.17) is 4.74 Å². The molecule has 2 aromatic heterocycles. The molecule has 33 heavy (non-hydrogen) atoms. The minimum atomic E-state index is -0.0462. The normalized spacial score (nSPS) is 18.5. The number of piperidine rings is 1. The molecule has 3 aromatic rings. The van der Waals surface area contributed by atoms with Crippen LogP contribution in [0.3, 0.4) is 0 Å². The van der Waals surface area contributed by atoms with Crippen LogP contribution in [0.25, 0.3) is 10.7 Å². The van der Waals surface area contributed by atoms with Crippen molar-refractivity contribution in [3.05, 3.63) is 41.8 Å². The largest absolute Gasteiger partial charge is 0.376 e. The zero-order valence-electron chi connectivity index (χ0n) is 18.6. The van der Waals surface area contributed by atoms with E-state index in [0.29, 0.717) is 6.54 Å². The van der Waals surface area contributed by atoms with Crippen molar-refractivity contribution in [1.82, 2.24) is 14.8 Å². The van der Waals surface area contributed by atoms with Gasteiger partial charge in [0.15, 0.2) is 11.0 Å². The molecule has 2 aliphatic rings. The lowest BCUT2D eigenvalue weighted by Crippen LogP contribution is -2.29. The molecule has 1 amide bonds. The number of thioether (sulfide) groups is 1. The van der Waals surface area contributed by atoms with Crippen LogP contribution in [0.2, 0.25) is 0 Å². The van der Waals surface area contributed by atoms with Gasteiger partial charge in [-0.2, -0.15) is 0 Å². The van der Waals surface area contributed by atoms with Crippen LogP contribution in [-0.2, 0) is 16.1 Å². The molecule has 9 heteroatoms. The quantitative estimate of drug-likeness (QED) is 0.459. The number of aromatic nitrogens is 3. The van der Waals surface area contributed by atoms with E-state index in [-0.39, 0.29) is 17.8 Å². The van der Waals surface area contributed by atoms with Crippen LogP contribution in [0, 0.1) is 0 Å². The third-order valence-corrected chi connectivity index (χ3v) is 7.91. The average molecular weight is 484 g/mol. The number of benzene rings is 1. The first-order valence-corrected chi connectivity index (χ1v) is 13.5. The van der Waals surface area contributed by atoms with Crippen LogP contribution in [0.1, 0.15) is 32.1 Å². The fourth-order valence-electron chi connectivity index (χ4n) is 4.37. The van der Waals surface area contributed by atoms with Gasteiger partial charge in [0, 0.05) is 31.1 Å². The molecule has 0 saturated carbocycles. The summed E-state index contributed by atoms with van der Waals surface area (Å²) in [5.74, 6) is 1.08. The summed E-state index contributed by atoms with van der Waals surface area (Å²) in [4.78, 5) is 16.1. The van der Waals surface area contributed by atoms with Gasteiger partial charge in [-0.15, -0.1) is 21.5 Å². The molecule has 2 aliphatic heterocycles. The molecule has 0 spiro atoms. The van der Waals surface area contributed by atoms with Gasteiger partial charge in [-0.05, 0) is 67.8 Å². The number of hydrogen-bond donors (Lipinski definition) is 1. The van der Waals surface area contributed by atoms with Gasteiger partial charge in [-0.25, -0.2) is 0 Å². The Labute approximate surface area is 202 Å². The zero-order valence-corrected chi connectivity index (χ0v) is 20.2. The van der Waals surface area contributed by atoms with Gasteiger partial charge in [-0.1, -0.05) is 17.8 Å². The molecular formula is C24H29N5O2S2. The first kappa shape index (κ1) is 22.4. The van der Waals surface area contributed by atoms with E-state index in [0.717, 1.165) is 54.1 Å². The Morgan fingerprint density at radius 1 is 1.12 bits per heavy atom. The monoisotopic (exact) mass is 483 g/mol. The van der Waals surface area contributed by atoms with E-state index in [2.05, 4.69) is 43.2 Å². The first-order valence-electron chi connectivity index (χ1n) is 11.6. The van der Waals surface area contributed by atoms with Crippen LogP contribution in [0.5, 0.6) is 0 Å². The van der Waals surface area contributed by atoms with Crippen molar-refractivity contribution < 1.29 is 9.53 Å². The van der Waals surface area contributed by atoms with Gasteiger partial charge in [0.1, 0.15) is 0 Å². The van der Waals surface area contributed by atoms with Gasteiger partial charge in [0.05, 0.1) is 23.3 Å².